The molecular formula is C20H34N2OS2. The highest BCUT2D eigenvalue weighted by atomic mass is 32.2. The molecule has 3 aliphatic rings. The van der Waals surface area contributed by atoms with Gasteiger partial charge < -0.3 is 10.2 Å². The highest BCUT2D eigenvalue weighted by molar-refractivity contribution is 8.22. The summed E-state index contributed by atoms with van der Waals surface area (Å²) in [6.45, 7) is 2.02. The van der Waals surface area contributed by atoms with Crippen LogP contribution in [0.1, 0.15) is 77.0 Å². The Balaban J connectivity index is 1.28. The molecule has 3 fully saturated rings. The van der Waals surface area contributed by atoms with Gasteiger partial charge in [0.15, 0.2) is 0 Å². The topological polar surface area (TPSA) is 32.3 Å². The van der Waals surface area contributed by atoms with Gasteiger partial charge in [0, 0.05) is 31.3 Å². The minimum absolute atomic E-state index is 0.371. The van der Waals surface area contributed by atoms with E-state index in [9.17, 15) is 4.79 Å². The molecule has 0 aromatic heterocycles. The predicted octanol–water partition coefficient (Wildman–Crippen LogP) is 4.75. The van der Waals surface area contributed by atoms with Crippen LogP contribution in [0.5, 0.6) is 0 Å². The van der Waals surface area contributed by atoms with Gasteiger partial charge in [-0.3, -0.25) is 4.79 Å². The van der Waals surface area contributed by atoms with Crippen molar-refractivity contribution >= 4 is 34.2 Å². The second-order valence-electron chi connectivity index (χ2n) is 8.15. The number of hydrogen-bond donors (Lipinski definition) is 1. The van der Waals surface area contributed by atoms with Gasteiger partial charge in [0.1, 0.15) is 4.32 Å². The molecule has 1 saturated heterocycles. The molecule has 0 aromatic rings. The lowest BCUT2D eigenvalue weighted by Crippen LogP contribution is -2.44. The third kappa shape index (κ3) is 6.13. The average molecular weight is 383 g/mol. The largest absolute Gasteiger partial charge is 0.368 e. The number of thioether (sulfide) groups is 1. The molecule has 0 aromatic carbocycles. The van der Waals surface area contributed by atoms with E-state index in [1.807, 2.05) is 0 Å². The molecule has 2 saturated carbocycles. The van der Waals surface area contributed by atoms with E-state index in [1.54, 1.807) is 11.8 Å². The Morgan fingerprint density at radius 1 is 1.00 bits per heavy atom. The van der Waals surface area contributed by atoms with Crippen LogP contribution in [0.2, 0.25) is 0 Å². The Labute approximate surface area is 163 Å². The number of hydrogen-bond acceptors (Lipinski definition) is 3. The van der Waals surface area contributed by atoms with Crippen LogP contribution < -0.4 is 5.32 Å². The quantitative estimate of drug-likeness (QED) is 0.549. The first-order valence-corrected chi connectivity index (χ1v) is 11.8. The Morgan fingerprint density at radius 2 is 1.72 bits per heavy atom. The number of fused-ring (bicyclic) bond motifs is 1. The SMILES string of the molecule is O=C(CCCSC(=S)NC1CCCCC1)N1CCC2CCCCC2C1. The molecule has 142 valence electrons. The monoisotopic (exact) mass is 382 g/mol. The molecule has 0 radical (unpaired) electrons. The molecule has 2 unspecified atom stereocenters. The van der Waals surface area contributed by atoms with E-state index in [1.165, 1.54) is 64.2 Å². The van der Waals surface area contributed by atoms with Gasteiger partial charge in [-0.2, -0.15) is 0 Å². The van der Waals surface area contributed by atoms with E-state index in [2.05, 4.69) is 10.2 Å². The summed E-state index contributed by atoms with van der Waals surface area (Å²) < 4.78 is 0.933. The van der Waals surface area contributed by atoms with Gasteiger partial charge >= 0.3 is 0 Å². The Kier molecular flexibility index (Phi) is 7.91. The minimum atomic E-state index is 0.371. The maximum Gasteiger partial charge on any atom is 0.222 e. The van der Waals surface area contributed by atoms with Gasteiger partial charge in [-0.05, 0) is 43.9 Å². The van der Waals surface area contributed by atoms with Crippen LogP contribution in [0.15, 0.2) is 0 Å². The van der Waals surface area contributed by atoms with Crippen LogP contribution in [-0.4, -0.2) is 40.0 Å². The lowest BCUT2D eigenvalue weighted by atomic mass is 9.75. The standard InChI is InChI=1S/C20H34N2OS2/c23-19(22-13-12-16-7-4-5-8-17(16)15-22)11-6-14-25-20(24)21-18-9-2-1-3-10-18/h16-18H,1-15H2,(H,21,24). The van der Waals surface area contributed by atoms with Gasteiger partial charge in [-0.1, -0.05) is 62.5 Å². The molecule has 1 amide bonds. The fraction of sp³-hybridized carbons (Fsp3) is 0.900. The van der Waals surface area contributed by atoms with Gasteiger partial charge in [-0.25, -0.2) is 0 Å². The predicted molar refractivity (Wildman–Crippen MR) is 111 cm³/mol. The smallest absolute Gasteiger partial charge is 0.222 e. The summed E-state index contributed by atoms with van der Waals surface area (Å²) in [7, 11) is 0. The maximum absolute atomic E-state index is 12.5. The molecule has 0 spiro atoms. The maximum atomic E-state index is 12.5. The van der Waals surface area contributed by atoms with Crippen molar-refractivity contribution in [1.82, 2.24) is 10.2 Å². The Bertz CT molecular complexity index is 451. The summed E-state index contributed by atoms with van der Waals surface area (Å²) in [6.07, 6.45) is 14.9. The number of nitrogens with zero attached hydrogens (tertiary/aromatic N) is 1. The van der Waals surface area contributed by atoms with Crippen molar-refractivity contribution in [2.24, 2.45) is 11.8 Å². The van der Waals surface area contributed by atoms with E-state index in [0.29, 0.717) is 18.4 Å². The zero-order valence-corrected chi connectivity index (χ0v) is 17.1. The van der Waals surface area contributed by atoms with Gasteiger partial charge in [0.2, 0.25) is 5.91 Å². The van der Waals surface area contributed by atoms with Crippen molar-refractivity contribution in [3.05, 3.63) is 0 Å². The average Bonchev–Trinajstić information content (AvgIpc) is 2.65. The highest BCUT2D eigenvalue weighted by Gasteiger charge is 2.32. The van der Waals surface area contributed by atoms with E-state index >= 15 is 0 Å². The van der Waals surface area contributed by atoms with E-state index in [0.717, 1.165) is 41.4 Å². The summed E-state index contributed by atoms with van der Waals surface area (Å²) in [5.41, 5.74) is 0. The lowest BCUT2D eigenvalue weighted by Gasteiger charge is -2.41. The van der Waals surface area contributed by atoms with Crippen LogP contribution in [0.25, 0.3) is 0 Å². The van der Waals surface area contributed by atoms with E-state index < -0.39 is 0 Å². The van der Waals surface area contributed by atoms with Crippen molar-refractivity contribution in [3.8, 4) is 0 Å². The number of amides is 1. The van der Waals surface area contributed by atoms with Crippen LogP contribution in [0.3, 0.4) is 0 Å². The first kappa shape index (κ1) is 19.5. The zero-order chi connectivity index (χ0) is 17.5. The summed E-state index contributed by atoms with van der Waals surface area (Å²) in [5.74, 6) is 3.02. The fourth-order valence-electron chi connectivity index (χ4n) is 4.83. The number of nitrogens with one attached hydrogen (secondary N) is 1. The molecule has 0 bridgehead atoms. The van der Waals surface area contributed by atoms with Crippen molar-refractivity contribution in [2.75, 3.05) is 18.8 Å². The molecule has 1 aliphatic heterocycles. The molecule has 1 heterocycles. The molecule has 5 heteroatoms. The third-order valence-corrected chi connectivity index (χ3v) is 7.68. The summed E-state index contributed by atoms with van der Waals surface area (Å²) in [5, 5.41) is 3.50. The molecular weight excluding hydrogens is 348 g/mol. The summed E-state index contributed by atoms with van der Waals surface area (Å²) in [4.78, 5) is 14.7. The minimum Gasteiger partial charge on any atom is -0.368 e. The number of piperidine rings is 1. The second kappa shape index (κ2) is 10.1. The fourth-order valence-corrected chi connectivity index (χ4v) is 5.97. The van der Waals surface area contributed by atoms with Crippen molar-refractivity contribution in [2.45, 2.75) is 83.1 Å². The van der Waals surface area contributed by atoms with E-state index in [-0.39, 0.29) is 0 Å². The number of likely N-dealkylation sites (tertiary alicyclic amines) is 1. The lowest BCUT2D eigenvalue weighted by molar-refractivity contribution is -0.134. The van der Waals surface area contributed by atoms with Crippen molar-refractivity contribution in [1.29, 1.82) is 0 Å². The van der Waals surface area contributed by atoms with E-state index in [4.69, 9.17) is 12.2 Å². The second-order valence-corrected chi connectivity index (χ2v) is 9.92. The molecule has 2 atom stereocenters. The van der Waals surface area contributed by atoms with Gasteiger partial charge in [0.25, 0.3) is 0 Å². The van der Waals surface area contributed by atoms with Crippen LogP contribution in [0, 0.1) is 11.8 Å². The highest BCUT2D eigenvalue weighted by Crippen LogP contribution is 2.36. The Morgan fingerprint density at radius 3 is 2.52 bits per heavy atom. The number of carbonyl (C=O) groups excluding carboxylic acids is 1. The zero-order valence-electron chi connectivity index (χ0n) is 15.5. The number of thiocarbonyl (C=S) groups is 1. The molecule has 2 aliphatic carbocycles. The number of rotatable bonds is 5. The molecule has 3 rings (SSSR count). The third-order valence-electron chi connectivity index (χ3n) is 6.34. The van der Waals surface area contributed by atoms with Crippen LogP contribution in [-0.2, 0) is 4.79 Å². The first-order valence-electron chi connectivity index (χ1n) is 10.4. The summed E-state index contributed by atoms with van der Waals surface area (Å²) >= 11 is 7.19. The Hall–Kier alpha value is -0.290. The van der Waals surface area contributed by atoms with Crippen LogP contribution in [0.4, 0.5) is 0 Å². The van der Waals surface area contributed by atoms with Gasteiger partial charge in [-0.15, -0.1) is 0 Å². The van der Waals surface area contributed by atoms with Crippen molar-refractivity contribution in [3.63, 3.8) is 0 Å². The number of carbonyl (C=O) groups is 1. The van der Waals surface area contributed by atoms with Crippen molar-refractivity contribution < 1.29 is 4.79 Å². The molecule has 25 heavy (non-hydrogen) atoms. The van der Waals surface area contributed by atoms with Gasteiger partial charge in [0.05, 0.1) is 0 Å². The normalized spacial score (nSPS) is 27.6. The van der Waals surface area contributed by atoms with Crippen LogP contribution >= 0.6 is 24.0 Å². The first-order chi connectivity index (χ1) is 12.2. The molecule has 3 nitrogen and oxygen atoms in total. The summed E-state index contributed by atoms with van der Waals surface area (Å²) in [6, 6.07) is 0.590. The molecule has 1 N–H and O–H groups in total.